The Hall–Kier alpha value is -2.56. The summed E-state index contributed by atoms with van der Waals surface area (Å²) in [6, 6.07) is 7.97. The Morgan fingerprint density at radius 3 is 2.50 bits per heavy atom. The highest BCUT2D eigenvalue weighted by atomic mass is 19.1. The van der Waals surface area contributed by atoms with Crippen molar-refractivity contribution in [3.05, 3.63) is 52.8 Å². The number of ketones is 1. The summed E-state index contributed by atoms with van der Waals surface area (Å²) >= 11 is 0. The van der Waals surface area contributed by atoms with Gasteiger partial charge in [-0.1, -0.05) is 12.1 Å². The van der Waals surface area contributed by atoms with E-state index in [0.29, 0.717) is 24.3 Å². The maximum Gasteiger partial charge on any atom is 0.204 e. The van der Waals surface area contributed by atoms with Crippen molar-refractivity contribution in [1.29, 1.82) is 0 Å². The molecule has 0 aliphatic heterocycles. The quantitative estimate of drug-likeness (QED) is 0.613. The first-order valence-electron chi connectivity index (χ1n) is 7.72. The molecule has 128 valence electrons. The molecule has 2 aromatic carbocycles. The monoisotopic (exact) mass is 332 g/mol. The minimum absolute atomic E-state index is 0.174. The topological polar surface area (TPSA) is 55.8 Å². The third kappa shape index (κ3) is 4.04. The number of carbonyl (C=O) groups excluding carboxylic acids is 1. The summed E-state index contributed by atoms with van der Waals surface area (Å²) in [6.07, 6.45) is 1.40. The molecular weight excluding hydrogens is 311 g/mol. The van der Waals surface area contributed by atoms with E-state index in [-0.39, 0.29) is 28.7 Å². The molecule has 0 aromatic heterocycles. The summed E-state index contributed by atoms with van der Waals surface area (Å²) in [5.41, 5.74) is 1.88. The maximum atomic E-state index is 12.9. The molecule has 0 amide bonds. The second-order valence-electron chi connectivity index (χ2n) is 5.58. The van der Waals surface area contributed by atoms with Crippen LogP contribution in [0.5, 0.6) is 17.2 Å². The van der Waals surface area contributed by atoms with Crippen molar-refractivity contribution < 1.29 is 23.8 Å². The molecule has 0 aliphatic carbocycles. The standard InChI is InChI=1S/C19H21FO4/c1-12-11-16(23-3)19(18(22)17(12)13(2)21)24-10-4-5-14-6-8-15(20)9-7-14/h6-9,11,22H,4-5,10H2,1-3H3. The summed E-state index contributed by atoms with van der Waals surface area (Å²) in [7, 11) is 1.48. The normalized spacial score (nSPS) is 10.5. The number of rotatable bonds is 7. The zero-order chi connectivity index (χ0) is 17.7. The molecule has 0 aliphatic rings. The van der Waals surface area contributed by atoms with Crippen molar-refractivity contribution in [2.45, 2.75) is 26.7 Å². The summed E-state index contributed by atoms with van der Waals surface area (Å²) in [6.45, 7) is 3.46. The van der Waals surface area contributed by atoms with Crippen LogP contribution in [0, 0.1) is 12.7 Å². The van der Waals surface area contributed by atoms with Gasteiger partial charge in [-0.15, -0.1) is 0 Å². The number of benzene rings is 2. The number of aromatic hydroxyl groups is 1. The second-order valence-corrected chi connectivity index (χ2v) is 5.58. The lowest BCUT2D eigenvalue weighted by Crippen LogP contribution is -2.05. The molecule has 0 heterocycles. The van der Waals surface area contributed by atoms with Crippen LogP contribution in [0.1, 0.15) is 34.8 Å². The van der Waals surface area contributed by atoms with Crippen molar-refractivity contribution >= 4 is 5.78 Å². The van der Waals surface area contributed by atoms with Crippen molar-refractivity contribution in [3.8, 4) is 17.2 Å². The number of methoxy groups -OCH3 is 1. The largest absolute Gasteiger partial charge is 0.504 e. The minimum Gasteiger partial charge on any atom is -0.504 e. The smallest absolute Gasteiger partial charge is 0.204 e. The highest BCUT2D eigenvalue weighted by Crippen LogP contribution is 2.41. The molecule has 0 saturated heterocycles. The zero-order valence-electron chi connectivity index (χ0n) is 14.1. The van der Waals surface area contributed by atoms with Crippen LogP contribution in [-0.4, -0.2) is 24.6 Å². The molecule has 0 saturated carbocycles. The lowest BCUT2D eigenvalue weighted by molar-refractivity contribution is 0.101. The summed E-state index contributed by atoms with van der Waals surface area (Å²) < 4.78 is 23.7. The van der Waals surface area contributed by atoms with Gasteiger partial charge in [0.15, 0.2) is 17.3 Å². The first-order chi connectivity index (χ1) is 11.4. The predicted molar refractivity (Wildman–Crippen MR) is 89.6 cm³/mol. The predicted octanol–water partition coefficient (Wildman–Crippen LogP) is 4.06. The van der Waals surface area contributed by atoms with Gasteiger partial charge >= 0.3 is 0 Å². The molecule has 0 radical (unpaired) electrons. The summed E-state index contributed by atoms with van der Waals surface area (Å²) in [5.74, 6) is -0.129. The number of halogens is 1. The molecule has 0 bridgehead atoms. The number of Topliss-reactive ketones (excluding diaryl/α,β-unsaturated/α-hetero) is 1. The number of carbonyl (C=O) groups is 1. The third-order valence-electron chi connectivity index (χ3n) is 3.76. The van der Waals surface area contributed by atoms with Crippen molar-refractivity contribution in [2.24, 2.45) is 0 Å². The van der Waals surface area contributed by atoms with Crippen LogP contribution < -0.4 is 9.47 Å². The Labute approximate surface area is 140 Å². The van der Waals surface area contributed by atoms with E-state index in [1.54, 1.807) is 25.1 Å². The Morgan fingerprint density at radius 1 is 1.25 bits per heavy atom. The number of phenols is 1. The van der Waals surface area contributed by atoms with E-state index >= 15 is 0 Å². The number of ether oxygens (including phenoxy) is 2. The van der Waals surface area contributed by atoms with Crippen LogP contribution in [0.2, 0.25) is 0 Å². The summed E-state index contributed by atoms with van der Waals surface area (Å²) in [4.78, 5) is 11.7. The summed E-state index contributed by atoms with van der Waals surface area (Å²) in [5, 5.41) is 10.3. The minimum atomic E-state index is -0.263. The zero-order valence-corrected chi connectivity index (χ0v) is 14.1. The van der Waals surface area contributed by atoms with Crippen LogP contribution in [-0.2, 0) is 6.42 Å². The molecule has 4 nitrogen and oxygen atoms in total. The van der Waals surface area contributed by atoms with Gasteiger partial charge in [0.2, 0.25) is 5.75 Å². The molecule has 5 heteroatoms. The van der Waals surface area contributed by atoms with Crippen molar-refractivity contribution in [1.82, 2.24) is 0 Å². The van der Waals surface area contributed by atoms with E-state index in [2.05, 4.69) is 0 Å². The first kappa shape index (κ1) is 17.8. The molecule has 1 N–H and O–H groups in total. The molecule has 2 rings (SSSR count). The van der Waals surface area contributed by atoms with Gasteiger partial charge in [0.1, 0.15) is 5.82 Å². The molecule has 0 unspecified atom stereocenters. The van der Waals surface area contributed by atoms with Crippen LogP contribution >= 0.6 is 0 Å². The van der Waals surface area contributed by atoms with E-state index in [4.69, 9.17) is 9.47 Å². The molecule has 0 atom stereocenters. The first-order valence-corrected chi connectivity index (χ1v) is 7.72. The Kier molecular flexibility index (Phi) is 5.79. The molecular formula is C19H21FO4. The van der Waals surface area contributed by atoms with Gasteiger partial charge in [0.25, 0.3) is 0 Å². The molecule has 2 aromatic rings. The molecule has 0 spiro atoms. The lowest BCUT2D eigenvalue weighted by Gasteiger charge is -2.16. The molecule has 24 heavy (non-hydrogen) atoms. The number of hydrogen-bond donors (Lipinski definition) is 1. The van der Waals surface area contributed by atoms with Gasteiger partial charge in [-0.2, -0.15) is 0 Å². The SMILES string of the molecule is COc1cc(C)c(C(C)=O)c(O)c1OCCCc1ccc(F)cc1. The van der Waals surface area contributed by atoms with Gasteiger partial charge in [-0.05, 0) is 56.0 Å². The van der Waals surface area contributed by atoms with Crippen LogP contribution in [0.15, 0.2) is 30.3 Å². The third-order valence-corrected chi connectivity index (χ3v) is 3.76. The van der Waals surface area contributed by atoms with Gasteiger partial charge in [-0.3, -0.25) is 4.79 Å². The fraction of sp³-hybridized carbons (Fsp3) is 0.316. The van der Waals surface area contributed by atoms with E-state index in [9.17, 15) is 14.3 Å². The number of hydrogen-bond acceptors (Lipinski definition) is 4. The second kappa shape index (κ2) is 7.81. The van der Waals surface area contributed by atoms with Crippen LogP contribution in [0.25, 0.3) is 0 Å². The number of aryl methyl sites for hydroxylation is 2. The van der Waals surface area contributed by atoms with Crippen molar-refractivity contribution in [3.63, 3.8) is 0 Å². The van der Waals surface area contributed by atoms with Gasteiger partial charge in [0.05, 0.1) is 19.3 Å². The van der Waals surface area contributed by atoms with E-state index in [1.165, 1.54) is 26.2 Å². The Balaban J connectivity index is 2.07. The highest BCUT2D eigenvalue weighted by Gasteiger charge is 2.20. The number of phenolic OH excluding ortho intramolecular Hbond substituents is 1. The average Bonchev–Trinajstić information content (AvgIpc) is 2.54. The molecule has 0 fully saturated rings. The van der Waals surface area contributed by atoms with Crippen molar-refractivity contribution in [2.75, 3.05) is 13.7 Å². The Bertz CT molecular complexity index is 723. The van der Waals surface area contributed by atoms with E-state index in [0.717, 1.165) is 12.0 Å². The van der Waals surface area contributed by atoms with E-state index in [1.807, 2.05) is 0 Å². The highest BCUT2D eigenvalue weighted by molar-refractivity contribution is 5.99. The fourth-order valence-electron chi connectivity index (χ4n) is 2.59. The van der Waals surface area contributed by atoms with Gasteiger partial charge < -0.3 is 14.6 Å². The van der Waals surface area contributed by atoms with Crippen LogP contribution in [0.4, 0.5) is 4.39 Å². The maximum absolute atomic E-state index is 12.9. The van der Waals surface area contributed by atoms with Crippen LogP contribution in [0.3, 0.4) is 0 Å². The van der Waals surface area contributed by atoms with E-state index < -0.39 is 0 Å². The average molecular weight is 332 g/mol. The van der Waals surface area contributed by atoms with Gasteiger partial charge in [-0.25, -0.2) is 4.39 Å². The fourth-order valence-corrected chi connectivity index (χ4v) is 2.59. The van der Waals surface area contributed by atoms with Gasteiger partial charge in [0, 0.05) is 0 Å². The lowest BCUT2D eigenvalue weighted by atomic mass is 10.0. The Morgan fingerprint density at radius 2 is 1.92 bits per heavy atom.